The fourth-order valence-corrected chi connectivity index (χ4v) is 5.53. The number of halogens is 3. The second kappa shape index (κ2) is 11.4. The summed E-state index contributed by atoms with van der Waals surface area (Å²) in [6.07, 6.45) is -3.49. The van der Waals surface area contributed by atoms with Gasteiger partial charge in [-0.05, 0) is 59.7 Å². The van der Waals surface area contributed by atoms with E-state index in [0.717, 1.165) is 22.3 Å². The topological polar surface area (TPSA) is 119 Å². The highest BCUT2D eigenvalue weighted by Crippen LogP contribution is 2.47. The lowest BCUT2D eigenvalue weighted by Gasteiger charge is -2.31. The van der Waals surface area contributed by atoms with Gasteiger partial charge in [-0.15, -0.1) is 13.2 Å². The summed E-state index contributed by atoms with van der Waals surface area (Å²) in [5.74, 6) is 1.63. The molecule has 1 aliphatic carbocycles. The van der Waals surface area contributed by atoms with Crippen molar-refractivity contribution in [3.8, 4) is 16.9 Å². The molecule has 1 saturated carbocycles. The molecule has 0 bridgehead atoms. The average Bonchev–Trinajstić information content (AvgIpc) is 3.41. The molecule has 2 aromatic carbocycles. The van der Waals surface area contributed by atoms with E-state index in [-0.39, 0.29) is 29.4 Å². The molecular weight excluding hydrogens is 565 g/mol. The van der Waals surface area contributed by atoms with Gasteiger partial charge in [0, 0.05) is 25.6 Å². The number of fused-ring (bicyclic) bond motifs is 1. The van der Waals surface area contributed by atoms with Crippen LogP contribution in [0.3, 0.4) is 0 Å². The Morgan fingerprint density at radius 1 is 1.14 bits per heavy atom. The second-order valence-electron chi connectivity index (χ2n) is 11.3. The molecule has 0 saturated heterocycles. The first kappa shape index (κ1) is 28.8. The molecule has 2 aliphatic rings. The summed E-state index contributed by atoms with van der Waals surface area (Å²) in [5.41, 5.74) is 4.42. The molecule has 1 amide bonds. The standard InChI is InChI=1S/C30H31F3N6O4/c1-16(2)28-36-26(38-42-28)15-39-10-9-22-21(18-5-4-6-20(11-18)41-30(31,32)33)8-7-19(25(22)14-39)13-34-27(40)23-12-24(23)29-35-17(3)37-43-29/h4-8,11,16,23-24H,9-10,12-15H2,1-3H3,(H,34,40)/t23?,24-/m1/s1. The number of ether oxygens (including phenoxy) is 1. The van der Waals surface area contributed by atoms with Crippen LogP contribution in [0, 0.1) is 12.8 Å². The fraction of sp³-hybridized carbons (Fsp3) is 0.433. The van der Waals surface area contributed by atoms with E-state index < -0.39 is 6.36 Å². The SMILES string of the molecule is Cc1noc([C@@H]2CC2C(=O)NCc2ccc(-c3cccc(OC(F)(F)F)c3)c3c2CN(Cc2noc(C(C)C)n2)CC3)n1. The number of rotatable bonds is 9. The number of benzene rings is 2. The Morgan fingerprint density at radius 3 is 2.70 bits per heavy atom. The molecule has 1 fully saturated rings. The molecule has 1 aliphatic heterocycles. The summed E-state index contributed by atoms with van der Waals surface area (Å²) in [5, 5.41) is 11.0. The van der Waals surface area contributed by atoms with E-state index >= 15 is 0 Å². The van der Waals surface area contributed by atoms with E-state index in [1.54, 1.807) is 19.1 Å². The molecule has 1 unspecified atom stereocenters. The Bertz CT molecular complexity index is 1630. The molecule has 43 heavy (non-hydrogen) atoms. The van der Waals surface area contributed by atoms with Crippen LogP contribution in [-0.2, 0) is 30.8 Å². The monoisotopic (exact) mass is 596 g/mol. The summed E-state index contributed by atoms with van der Waals surface area (Å²) in [6, 6.07) is 9.82. The molecule has 0 radical (unpaired) electrons. The van der Waals surface area contributed by atoms with Gasteiger partial charge in [0.15, 0.2) is 11.6 Å². The van der Waals surface area contributed by atoms with Crippen LogP contribution in [0.5, 0.6) is 5.75 Å². The Morgan fingerprint density at radius 2 is 1.98 bits per heavy atom. The lowest BCUT2D eigenvalue weighted by Crippen LogP contribution is -2.33. The Labute approximate surface area is 245 Å². The first-order chi connectivity index (χ1) is 20.5. The van der Waals surface area contributed by atoms with Crippen LogP contribution in [0.1, 0.15) is 72.2 Å². The van der Waals surface area contributed by atoms with Crippen molar-refractivity contribution < 1.29 is 31.7 Å². The van der Waals surface area contributed by atoms with Crippen LogP contribution in [-0.4, -0.2) is 44.0 Å². The van der Waals surface area contributed by atoms with Gasteiger partial charge in [-0.1, -0.05) is 48.4 Å². The third-order valence-corrected chi connectivity index (χ3v) is 7.75. The minimum absolute atomic E-state index is 0.0788. The molecule has 0 spiro atoms. The van der Waals surface area contributed by atoms with Crippen LogP contribution < -0.4 is 10.1 Å². The van der Waals surface area contributed by atoms with E-state index in [9.17, 15) is 18.0 Å². The molecule has 4 aromatic rings. The highest BCUT2D eigenvalue weighted by molar-refractivity contribution is 5.82. The van der Waals surface area contributed by atoms with Crippen molar-refractivity contribution in [2.24, 2.45) is 5.92 Å². The maximum atomic E-state index is 13.0. The van der Waals surface area contributed by atoms with Crippen molar-refractivity contribution in [2.75, 3.05) is 6.54 Å². The van der Waals surface area contributed by atoms with E-state index in [1.165, 1.54) is 12.1 Å². The number of nitrogens with zero attached hydrogens (tertiary/aromatic N) is 5. The maximum Gasteiger partial charge on any atom is 0.573 e. The third-order valence-electron chi connectivity index (χ3n) is 7.75. The van der Waals surface area contributed by atoms with Gasteiger partial charge in [-0.25, -0.2) is 0 Å². The smallest absolute Gasteiger partial charge is 0.406 e. The van der Waals surface area contributed by atoms with Crippen molar-refractivity contribution in [3.05, 3.63) is 76.5 Å². The normalized spacial score (nSPS) is 18.5. The number of carbonyl (C=O) groups is 1. The number of hydrogen-bond donors (Lipinski definition) is 1. The van der Waals surface area contributed by atoms with Crippen LogP contribution in [0.4, 0.5) is 13.2 Å². The molecular formula is C30H31F3N6O4. The summed E-state index contributed by atoms with van der Waals surface area (Å²) in [6.45, 7) is 7.73. The molecule has 226 valence electrons. The van der Waals surface area contributed by atoms with E-state index in [0.29, 0.717) is 68.0 Å². The summed E-state index contributed by atoms with van der Waals surface area (Å²) in [4.78, 5) is 23.9. The van der Waals surface area contributed by atoms with Crippen LogP contribution in [0.15, 0.2) is 45.4 Å². The average molecular weight is 597 g/mol. The van der Waals surface area contributed by atoms with Gasteiger partial charge in [0.05, 0.1) is 18.4 Å². The van der Waals surface area contributed by atoms with Crippen LogP contribution in [0.2, 0.25) is 0 Å². The lowest BCUT2D eigenvalue weighted by molar-refractivity contribution is -0.274. The zero-order chi connectivity index (χ0) is 30.3. The molecule has 2 atom stereocenters. The van der Waals surface area contributed by atoms with Crippen molar-refractivity contribution in [1.82, 2.24) is 30.5 Å². The minimum Gasteiger partial charge on any atom is -0.406 e. The van der Waals surface area contributed by atoms with Crippen molar-refractivity contribution >= 4 is 5.91 Å². The Balaban J connectivity index is 1.24. The lowest BCUT2D eigenvalue weighted by atomic mass is 9.87. The predicted octanol–water partition coefficient (Wildman–Crippen LogP) is 5.43. The first-order valence-corrected chi connectivity index (χ1v) is 14.2. The highest BCUT2D eigenvalue weighted by atomic mass is 19.4. The Hall–Kier alpha value is -4.26. The molecule has 1 N–H and O–H groups in total. The van der Waals surface area contributed by atoms with Gasteiger partial charge in [0.1, 0.15) is 5.75 Å². The van der Waals surface area contributed by atoms with Crippen LogP contribution in [0.25, 0.3) is 11.1 Å². The fourth-order valence-electron chi connectivity index (χ4n) is 5.53. The first-order valence-electron chi connectivity index (χ1n) is 14.2. The number of nitrogens with one attached hydrogen (secondary N) is 1. The number of aromatic nitrogens is 4. The Kier molecular flexibility index (Phi) is 7.67. The number of carbonyl (C=O) groups excluding carboxylic acids is 1. The van der Waals surface area contributed by atoms with Crippen molar-refractivity contribution in [2.45, 2.75) is 71.4 Å². The number of aryl methyl sites for hydroxylation is 1. The van der Waals surface area contributed by atoms with Crippen molar-refractivity contribution in [3.63, 3.8) is 0 Å². The summed E-state index contributed by atoms with van der Waals surface area (Å²) < 4.78 is 53.5. The quantitative estimate of drug-likeness (QED) is 0.270. The van der Waals surface area contributed by atoms with E-state index in [4.69, 9.17) is 9.05 Å². The van der Waals surface area contributed by atoms with E-state index in [1.807, 2.05) is 26.0 Å². The summed E-state index contributed by atoms with van der Waals surface area (Å²) >= 11 is 0. The molecule has 10 nitrogen and oxygen atoms in total. The predicted molar refractivity (Wildman–Crippen MR) is 146 cm³/mol. The van der Waals surface area contributed by atoms with Crippen molar-refractivity contribution in [1.29, 1.82) is 0 Å². The number of amides is 1. The zero-order valence-corrected chi connectivity index (χ0v) is 23.9. The minimum atomic E-state index is -4.78. The molecule has 3 heterocycles. The highest BCUT2D eigenvalue weighted by Gasteiger charge is 2.47. The van der Waals surface area contributed by atoms with Gasteiger partial charge in [-0.3, -0.25) is 9.69 Å². The number of alkyl halides is 3. The van der Waals surface area contributed by atoms with Gasteiger partial charge >= 0.3 is 6.36 Å². The van der Waals surface area contributed by atoms with Gasteiger partial charge < -0.3 is 19.1 Å². The molecule has 2 aromatic heterocycles. The zero-order valence-electron chi connectivity index (χ0n) is 23.9. The third kappa shape index (κ3) is 6.56. The summed E-state index contributed by atoms with van der Waals surface area (Å²) in [7, 11) is 0. The van der Waals surface area contributed by atoms with Crippen LogP contribution >= 0.6 is 0 Å². The van der Waals surface area contributed by atoms with E-state index in [2.05, 4.69) is 35.2 Å². The van der Waals surface area contributed by atoms with Gasteiger partial charge in [0.2, 0.25) is 17.7 Å². The van der Waals surface area contributed by atoms with Gasteiger partial charge in [-0.2, -0.15) is 9.97 Å². The molecule has 13 heteroatoms. The van der Waals surface area contributed by atoms with Gasteiger partial charge in [0.25, 0.3) is 0 Å². The second-order valence-corrected chi connectivity index (χ2v) is 11.3. The largest absolute Gasteiger partial charge is 0.573 e. The maximum absolute atomic E-state index is 13.0. The number of hydrogen-bond acceptors (Lipinski definition) is 9. The molecule has 6 rings (SSSR count).